The first-order valence-electron chi connectivity index (χ1n) is 6.56. The van der Waals surface area contributed by atoms with Gasteiger partial charge < -0.3 is 5.32 Å². The highest BCUT2D eigenvalue weighted by molar-refractivity contribution is 5.93. The number of anilines is 1. The monoisotopic (exact) mass is 252 g/mol. The molecule has 0 radical (unpaired) electrons. The predicted octanol–water partition coefficient (Wildman–Crippen LogP) is 3.41. The summed E-state index contributed by atoms with van der Waals surface area (Å²) < 4.78 is 0. The largest absolute Gasteiger partial charge is 0.310 e. The van der Waals surface area contributed by atoms with E-state index in [1.54, 1.807) is 6.20 Å². The van der Waals surface area contributed by atoms with E-state index in [4.69, 9.17) is 0 Å². The molecular formula is C16H16N2O. The zero-order valence-corrected chi connectivity index (χ0v) is 10.9. The number of carbonyl (C=O) groups is 1. The van der Waals surface area contributed by atoms with Crippen LogP contribution in [0.4, 0.5) is 5.82 Å². The first-order valence-corrected chi connectivity index (χ1v) is 6.56. The van der Waals surface area contributed by atoms with Gasteiger partial charge in [-0.05, 0) is 37.5 Å². The van der Waals surface area contributed by atoms with Gasteiger partial charge >= 0.3 is 0 Å². The fourth-order valence-corrected chi connectivity index (χ4v) is 1.96. The molecule has 0 unspecified atom stereocenters. The number of hydrogen-bond donors (Lipinski definition) is 1. The average Bonchev–Trinajstić information content (AvgIpc) is 3.25. The van der Waals surface area contributed by atoms with Crippen molar-refractivity contribution in [1.82, 2.24) is 4.98 Å². The molecule has 1 aliphatic rings. The molecule has 3 heteroatoms. The van der Waals surface area contributed by atoms with Crippen LogP contribution in [-0.4, -0.2) is 10.9 Å². The van der Waals surface area contributed by atoms with Crippen molar-refractivity contribution in [2.75, 3.05) is 5.32 Å². The first kappa shape index (κ1) is 11.9. The van der Waals surface area contributed by atoms with Crippen LogP contribution < -0.4 is 5.32 Å². The van der Waals surface area contributed by atoms with E-state index in [-0.39, 0.29) is 11.8 Å². The Morgan fingerprint density at radius 3 is 2.37 bits per heavy atom. The van der Waals surface area contributed by atoms with Crippen LogP contribution in [0.5, 0.6) is 0 Å². The second kappa shape index (κ2) is 4.84. The van der Waals surface area contributed by atoms with Crippen LogP contribution in [0.2, 0.25) is 0 Å². The normalized spacial score (nSPS) is 14.2. The lowest BCUT2D eigenvalue weighted by atomic mass is 10.1. The summed E-state index contributed by atoms with van der Waals surface area (Å²) in [7, 11) is 0. The van der Waals surface area contributed by atoms with Crippen LogP contribution in [0.25, 0.3) is 11.1 Å². The minimum atomic E-state index is 0.0931. The van der Waals surface area contributed by atoms with Crippen LogP contribution in [0.3, 0.4) is 0 Å². The van der Waals surface area contributed by atoms with Crippen molar-refractivity contribution in [2.45, 2.75) is 19.8 Å². The van der Waals surface area contributed by atoms with E-state index in [1.807, 2.05) is 12.1 Å². The Morgan fingerprint density at radius 1 is 1.11 bits per heavy atom. The lowest BCUT2D eigenvalue weighted by molar-refractivity contribution is -0.117. The van der Waals surface area contributed by atoms with Gasteiger partial charge in [0.1, 0.15) is 5.82 Å². The number of hydrogen-bond acceptors (Lipinski definition) is 2. The van der Waals surface area contributed by atoms with Crippen LogP contribution in [0, 0.1) is 12.8 Å². The third kappa shape index (κ3) is 2.81. The van der Waals surface area contributed by atoms with Gasteiger partial charge in [0, 0.05) is 17.7 Å². The molecule has 0 bridgehead atoms. The minimum Gasteiger partial charge on any atom is -0.310 e. The van der Waals surface area contributed by atoms with E-state index in [1.165, 1.54) is 5.56 Å². The Balaban J connectivity index is 1.74. The zero-order chi connectivity index (χ0) is 13.2. The number of aromatic nitrogens is 1. The number of carbonyl (C=O) groups excluding carboxylic acids is 1. The van der Waals surface area contributed by atoms with Gasteiger partial charge in [0.2, 0.25) is 5.91 Å². The fourth-order valence-electron chi connectivity index (χ4n) is 1.96. The summed E-state index contributed by atoms with van der Waals surface area (Å²) in [6.45, 7) is 2.07. The number of nitrogens with one attached hydrogen (secondary N) is 1. The third-order valence-electron chi connectivity index (χ3n) is 3.35. The van der Waals surface area contributed by atoms with Crippen molar-refractivity contribution >= 4 is 11.7 Å². The summed E-state index contributed by atoms with van der Waals surface area (Å²) in [6.07, 6.45) is 3.81. The Kier molecular flexibility index (Phi) is 3.03. The standard InChI is InChI=1S/C16H16N2O/c1-11-2-4-12(5-3-11)14-8-9-15(17-10-14)18-16(19)13-6-7-13/h2-5,8-10,13H,6-7H2,1H3,(H,17,18,19). The van der Waals surface area contributed by atoms with E-state index in [2.05, 4.69) is 41.5 Å². The molecule has 0 saturated heterocycles. The second-order valence-electron chi connectivity index (χ2n) is 5.06. The predicted molar refractivity (Wildman–Crippen MR) is 75.8 cm³/mol. The highest BCUT2D eigenvalue weighted by Gasteiger charge is 2.29. The highest BCUT2D eigenvalue weighted by Crippen LogP contribution is 2.30. The summed E-state index contributed by atoms with van der Waals surface area (Å²) in [5.74, 6) is 0.932. The van der Waals surface area contributed by atoms with Gasteiger partial charge in [-0.25, -0.2) is 4.98 Å². The molecule has 1 aromatic carbocycles. The minimum absolute atomic E-state index is 0.0931. The summed E-state index contributed by atoms with van der Waals surface area (Å²) in [4.78, 5) is 15.9. The maximum atomic E-state index is 11.6. The molecular weight excluding hydrogens is 236 g/mol. The van der Waals surface area contributed by atoms with E-state index in [0.29, 0.717) is 5.82 Å². The van der Waals surface area contributed by atoms with Gasteiger partial charge in [0.05, 0.1) is 0 Å². The Labute approximate surface area is 112 Å². The van der Waals surface area contributed by atoms with Gasteiger partial charge in [-0.2, -0.15) is 0 Å². The summed E-state index contributed by atoms with van der Waals surface area (Å²) in [5.41, 5.74) is 3.44. The number of aryl methyl sites for hydroxylation is 1. The molecule has 3 nitrogen and oxygen atoms in total. The highest BCUT2D eigenvalue weighted by atomic mass is 16.2. The van der Waals surface area contributed by atoms with E-state index >= 15 is 0 Å². The molecule has 1 aromatic heterocycles. The molecule has 0 aliphatic heterocycles. The molecule has 1 heterocycles. The van der Waals surface area contributed by atoms with Gasteiger partial charge in [-0.3, -0.25) is 4.79 Å². The molecule has 19 heavy (non-hydrogen) atoms. The number of pyridine rings is 1. The molecule has 3 rings (SSSR count). The molecule has 0 spiro atoms. The molecule has 1 amide bonds. The van der Waals surface area contributed by atoms with Crippen LogP contribution in [0.15, 0.2) is 42.6 Å². The Morgan fingerprint density at radius 2 is 1.79 bits per heavy atom. The van der Waals surface area contributed by atoms with Crippen molar-refractivity contribution in [3.63, 3.8) is 0 Å². The number of amides is 1. The second-order valence-corrected chi connectivity index (χ2v) is 5.06. The summed E-state index contributed by atoms with van der Waals surface area (Å²) >= 11 is 0. The smallest absolute Gasteiger partial charge is 0.228 e. The van der Waals surface area contributed by atoms with Crippen molar-refractivity contribution in [1.29, 1.82) is 0 Å². The van der Waals surface area contributed by atoms with E-state index < -0.39 is 0 Å². The fraction of sp³-hybridized carbons (Fsp3) is 0.250. The summed E-state index contributed by atoms with van der Waals surface area (Å²) in [6, 6.07) is 12.2. The molecule has 1 aliphatic carbocycles. The third-order valence-corrected chi connectivity index (χ3v) is 3.35. The maximum absolute atomic E-state index is 11.6. The van der Waals surface area contributed by atoms with Gasteiger partial charge in [0.25, 0.3) is 0 Å². The van der Waals surface area contributed by atoms with Crippen molar-refractivity contribution < 1.29 is 4.79 Å². The van der Waals surface area contributed by atoms with Crippen LogP contribution >= 0.6 is 0 Å². The number of benzene rings is 1. The molecule has 1 N–H and O–H groups in total. The molecule has 1 fully saturated rings. The molecule has 96 valence electrons. The molecule has 2 aromatic rings. The van der Waals surface area contributed by atoms with Gasteiger partial charge in [-0.15, -0.1) is 0 Å². The Hall–Kier alpha value is -2.16. The number of nitrogens with zero attached hydrogens (tertiary/aromatic N) is 1. The van der Waals surface area contributed by atoms with Gasteiger partial charge in [0.15, 0.2) is 0 Å². The maximum Gasteiger partial charge on any atom is 0.228 e. The van der Waals surface area contributed by atoms with Crippen molar-refractivity contribution in [3.05, 3.63) is 48.2 Å². The lowest BCUT2D eigenvalue weighted by Crippen LogP contribution is -2.14. The van der Waals surface area contributed by atoms with E-state index in [9.17, 15) is 4.79 Å². The Bertz CT molecular complexity index is 583. The average molecular weight is 252 g/mol. The zero-order valence-electron chi connectivity index (χ0n) is 10.9. The number of rotatable bonds is 3. The first-order chi connectivity index (χ1) is 9.22. The molecule has 0 atom stereocenters. The van der Waals surface area contributed by atoms with Crippen molar-refractivity contribution in [3.8, 4) is 11.1 Å². The van der Waals surface area contributed by atoms with Crippen LogP contribution in [-0.2, 0) is 4.79 Å². The topological polar surface area (TPSA) is 42.0 Å². The quantitative estimate of drug-likeness (QED) is 0.909. The lowest BCUT2D eigenvalue weighted by Gasteiger charge is -2.05. The summed E-state index contributed by atoms with van der Waals surface area (Å²) in [5, 5.41) is 2.84. The SMILES string of the molecule is Cc1ccc(-c2ccc(NC(=O)C3CC3)nc2)cc1. The van der Waals surface area contributed by atoms with E-state index in [0.717, 1.165) is 24.0 Å². The molecule has 1 saturated carbocycles. The van der Waals surface area contributed by atoms with Crippen molar-refractivity contribution in [2.24, 2.45) is 5.92 Å². The van der Waals surface area contributed by atoms with Crippen LogP contribution in [0.1, 0.15) is 18.4 Å². The van der Waals surface area contributed by atoms with Gasteiger partial charge in [-0.1, -0.05) is 29.8 Å².